The molecule has 0 amide bonds. The van der Waals surface area contributed by atoms with Gasteiger partial charge in [0.15, 0.2) is 0 Å². The normalized spacial score (nSPS) is 10.8. The third-order valence-electron chi connectivity index (χ3n) is 4.45. The maximum Gasteiger partial charge on any atom is 0.130 e. The van der Waals surface area contributed by atoms with Gasteiger partial charge in [0.2, 0.25) is 0 Å². The van der Waals surface area contributed by atoms with Crippen LogP contribution in [0.2, 0.25) is 0 Å². The summed E-state index contributed by atoms with van der Waals surface area (Å²) < 4.78 is 7.86. The van der Waals surface area contributed by atoms with Gasteiger partial charge in [-0.25, -0.2) is 0 Å². The highest BCUT2D eigenvalue weighted by atomic mass is 16.5. The highest BCUT2D eigenvalue weighted by molar-refractivity contribution is 5.80. The summed E-state index contributed by atoms with van der Waals surface area (Å²) in [6.45, 7) is 3.50. The van der Waals surface area contributed by atoms with E-state index in [-0.39, 0.29) is 0 Å². The Hall–Kier alpha value is -3.47. The molecule has 140 valence electrons. The minimum Gasteiger partial charge on any atom is -0.487 e. The predicted octanol–water partition coefficient (Wildman–Crippen LogP) is 5.00. The summed E-state index contributed by atoms with van der Waals surface area (Å²) in [5.74, 6) is 0.813. The van der Waals surface area contributed by atoms with Crippen LogP contribution in [0, 0.1) is 0 Å². The molecule has 0 spiro atoms. The summed E-state index contributed by atoms with van der Waals surface area (Å²) in [7, 11) is 0. The van der Waals surface area contributed by atoms with Gasteiger partial charge in [-0.05, 0) is 60.5 Å². The van der Waals surface area contributed by atoms with Crippen molar-refractivity contribution in [2.45, 2.75) is 26.5 Å². The number of hydrogen-bond acceptors (Lipinski definition) is 4. The SMILES string of the molecule is CCCn1cc(-c2ccncc2)c(-c2ccc(OCc3ccccn3)cc2)n1. The third-order valence-corrected chi connectivity index (χ3v) is 4.45. The summed E-state index contributed by atoms with van der Waals surface area (Å²) >= 11 is 0. The standard InChI is InChI=1S/C23H22N4O/c1-2-15-27-16-22(18-10-13-24-14-11-18)23(26-27)19-6-8-21(9-7-19)28-17-20-5-3-4-12-25-20/h3-14,16H,2,15,17H2,1H3. The lowest BCUT2D eigenvalue weighted by Crippen LogP contribution is -1.98. The Bertz CT molecular complexity index is 1010. The van der Waals surface area contributed by atoms with E-state index in [1.165, 1.54) is 0 Å². The summed E-state index contributed by atoms with van der Waals surface area (Å²) in [5.41, 5.74) is 5.16. The quantitative estimate of drug-likeness (QED) is 0.459. The van der Waals surface area contributed by atoms with Crippen LogP contribution in [-0.2, 0) is 13.2 Å². The minimum absolute atomic E-state index is 0.452. The molecular formula is C23H22N4O. The van der Waals surface area contributed by atoms with Gasteiger partial charge in [0.05, 0.1) is 5.69 Å². The van der Waals surface area contributed by atoms with Gasteiger partial charge in [-0.15, -0.1) is 0 Å². The molecule has 0 fully saturated rings. The fourth-order valence-corrected chi connectivity index (χ4v) is 3.07. The summed E-state index contributed by atoms with van der Waals surface area (Å²) in [4.78, 5) is 8.41. The molecule has 0 aliphatic carbocycles. The van der Waals surface area contributed by atoms with Gasteiger partial charge in [0, 0.05) is 42.5 Å². The van der Waals surface area contributed by atoms with E-state index in [1.54, 1.807) is 6.20 Å². The summed E-state index contributed by atoms with van der Waals surface area (Å²) in [6.07, 6.45) is 8.54. The zero-order chi connectivity index (χ0) is 19.2. The van der Waals surface area contributed by atoms with Gasteiger partial charge in [-0.3, -0.25) is 14.6 Å². The Morgan fingerprint density at radius 3 is 2.43 bits per heavy atom. The molecule has 0 bridgehead atoms. The van der Waals surface area contributed by atoms with Crippen LogP contribution in [0.5, 0.6) is 5.75 Å². The second-order valence-corrected chi connectivity index (χ2v) is 6.52. The van der Waals surface area contributed by atoms with Crippen LogP contribution in [0.3, 0.4) is 0 Å². The number of benzene rings is 1. The second kappa shape index (κ2) is 8.48. The molecule has 4 rings (SSSR count). The Balaban J connectivity index is 1.58. The molecule has 0 saturated carbocycles. The lowest BCUT2D eigenvalue weighted by Gasteiger charge is -2.07. The number of ether oxygens (including phenoxy) is 1. The van der Waals surface area contributed by atoms with Gasteiger partial charge in [0.25, 0.3) is 0 Å². The van der Waals surface area contributed by atoms with Crippen molar-refractivity contribution in [3.8, 4) is 28.1 Å². The zero-order valence-electron chi connectivity index (χ0n) is 15.8. The first-order valence-electron chi connectivity index (χ1n) is 9.44. The Kier molecular flexibility index (Phi) is 5.43. The van der Waals surface area contributed by atoms with Gasteiger partial charge >= 0.3 is 0 Å². The fraction of sp³-hybridized carbons (Fsp3) is 0.174. The molecule has 0 aliphatic rings. The topological polar surface area (TPSA) is 52.8 Å². The molecule has 5 heteroatoms. The molecule has 28 heavy (non-hydrogen) atoms. The van der Waals surface area contributed by atoms with Crippen LogP contribution in [0.1, 0.15) is 19.0 Å². The first-order chi connectivity index (χ1) is 13.8. The van der Waals surface area contributed by atoms with E-state index < -0.39 is 0 Å². The highest BCUT2D eigenvalue weighted by Gasteiger charge is 2.13. The van der Waals surface area contributed by atoms with Crippen molar-refractivity contribution in [2.75, 3.05) is 0 Å². The maximum absolute atomic E-state index is 5.85. The van der Waals surface area contributed by atoms with Gasteiger partial charge in [0.1, 0.15) is 18.1 Å². The van der Waals surface area contributed by atoms with Crippen molar-refractivity contribution in [3.63, 3.8) is 0 Å². The van der Waals surface area contributed by atoms with Gasteiger partial charge in [-0.2, -0.15) is 5.10 Å². The maximum atomic E-state index is 5.85. The van der Waals surface area contributed by atoms with Crippen LogP contribution < -0.4 is 4.74 Å². The number of nitrogens with zero attached hydrogens (tertiary/aromatic N) is 4. The van der Waals surface area contributed by atoms with Crippen molar-refractivity contribution in [1.82, 2.24) is 19.7 Å². The number of pyridine rings is 2. The number of hydrogen-bond donors (Lipinski definition) is 0. The predicted molar refractivity (Wildman–Crippen MR) is 110 cm³/mol. The van der Waals surface area contributed by atoms with E-state index in [0.717, 1.165) is 46.8 Å². The lowest BCUT2D eigenvalue weighted by molar-refractivity contribution is 0.301. The van der Waals surface area contributed by atoms with Crippen molar-refractivity contribution >= 4 is 0 Å². The van der Waals surface area contributed by atoms with Crippen LogP contribution >= 0.6 is 0 Å². The summed E-state index contributed by atoms with van der Waals surface area (Å²) in [5, 5.41) is 4.82. The molecule has 0 N–H and O–H groups in total. The fourth-order valence-electron chi connectivity index (χ4n) is 3.07. The summed E-state index contributed by atoms with van der Waals surface area (Å²) in [6, 6.07) is 17.9. The first-order valence-corrected chi connectivity index (χ1v) is 9.44. The number of aryl methyl sites for hydroxylation is 1. The van der Waals surface area contributed by atoms with E-state index in [0.29, 0.717) is 6.61 Å². The van der Waals surface area contributed by atoms with Crippen molar-refractivity contribution in [3.05, 3.63) is 85.1 Å². The number of rotatable bonds is 7. The van der Waals surface area contributed by atoms with Gasteiger partial charge < -0.3 is 4.74 Å². The molecule has 0 radical (unpaired) electrons. The lowest BCUT2D eigenvalue weighted by atomic mass is 10.0. The van der Waals surface area contributed by atoms with E-state index in [9.17, 15) is 0 Å². The molecule has 3 aromatic heterocycles. The molecule has 0 unspecified atom stereocenters. The molecule has 5 nitrogen and oxygen atoms in total. The molecule has 1 aromatic carbocycles. The molecule has 4 aromatic rings. The van der Waals surface area contributed by atoms with E-state index >= 15 is 0 Å². The van der Waals surface area contributed by atoms with Crippen molar-refractivity contribution < 1.29 is 4.74 Å². The molecular weight excluding hydrogens is 348 g/mol. The minimum atomic E-state index is 0.452. The van der Waals surface area contributed by atoms with Crippen LogP contribution in [-0.4, -0.2) is 19.7 Å². The third kappa shape index (κ3) is 4.09. The van der Waals surface area contributed by atoms with Crippen molar-refractivity contribution in [1.29, 1.82) is 0 Å². The number of aromatic nitrogens is 4. The Labute approximate surface area is 164 Å². The van der Waals surface area contributed by atoms with Gasteiger partial charge in [-0.1, -0.05) is 13.0 Å². The average Bonchev–Trinajstić information content (AvgIpc) is 3.18. The van der Waals surface area contributed by atoms with E-state index in [4.69, 9.17) is 9.84 Å². The monoisotopic (exact) mass is 370 g/mol. The molecule has 0 saturated heterocycles. The molecule has 3 heterocycles. The Morgan fingerprint density at radius 2 is 1.71 bits per heavy atom. The average molecular weight is 370 g/mol. The second-order valence-electron chi connectivity index (χ2n) is 6.52. The van der Waals surface area contributed by atoms with E-state index in [2.05, 4.69) is 35.2 Å². The smallest absolute Gasteiger partial charge is 0.130 e. The molecule has 0 atom stereocenters. The van der Waals surface area contributed by atoms with Crippen molar-refractivity contribution in [2.24, 2.45) is 0 Å². The first kappa shape index (κ1) is 17.9. The molecule has 0 aliphatic heterocycles. The van der Waals surface area contributed by atoms with E-state index in [1.807, 2.05) is 59.5 Å². The van der Waals surface area contributed by atoms with Crippen LogP contribution in [0.4, 0.5) is 0 Å². The largest absolute Gasteiger partial charge is 0.487 e. The highest BCUT2D eigenvalue weighted by Crippen LogP contribution is 2.31. The zero-order valence-corrected chi connectivity index (χ0v) is 15.8. The van der Waals surface area contributed by atoms with Crippen LogP contribution in [0.25, 0.3) is 22.4 Å². The van der Waals surface area contributed by atoms with Crippen LogP contribution in [0.15, 0.2) is 79.4 Å². The Morgan fingerprint density at radius 1 is 0.893 bits per heavy atom.